The first-order valence-electron chi connectivity index (χ1n) is 22.4. The molecule has 2 aromatic heterocycles. The van der Waals surface area contributed by atoms with Crippen molar-refractivity contribution in [1.82, 2.24) is 25.3 Å². The summed E-state index contributed by atoms with van der Waals surface area (Å²) >= 11 is 2.69. The lowest BCUT2D eigenvalue weighted by Gasteiger charge is -2.49. The number of hydrogen-bond donors (Lipinski definition) is 2. The summed E-state index contributed by atoms with van der Waals surface area (Å²) in [6.07, 6.45) is 6.63. The molecule has 2 fully saturated rings. The van der Waals surface area contributed by atoms with E-state index in [9.17, 15) is 19.2 Å². The monoisotopic (exact) mass is 963 g/mol. The number of thiazole rings is 1. The van der Waals surface area contributed by atoms with Crippen LogP contribution in [-0.4, -0.2) is 93.8 Å². The first-order chi connectivity index (χ1) is 33.6. The van der Waals surface area contributed by atoms with Gasteiger partial charge in [0.15, 0.2) is 22.3 Å². The molecule has 1 saturated carbocycles. The highest BCUT2D eigenvalue weighted by Gasteiger charge is 2.54. The lowest BCUT2D eigenvalue weighted by Crippen LogP contribution is -2.71. The van der Waals surface area contributed by atoms with E-state index < -0.39 is 34.7 Å². The maximum Gasteiger partial charge on any atom is 0.355 e. The van der Waals surface area contributed by atoms with Gasteiger partial charge in [0.2, 0.25) is 0 Å². The summed E-state index contributed by atoms with van der Waals surface area (Å²) < 4.78 is 16.5. The maximum absolute atomic E-state index is 14.5. The molecule has 69 heavy (non-hydrogen) atoms. The van der Waals surface area contributed by atoms with Crippen molar-refractivity contribution in [3.63, 3.8) is 0 Å². The molecule has 1 saturated heterocycles. The van der Waals surface area contributed by atoms with E-state index in [2.05, 4.69) is 57.3 Å². The van der Waals surface area contributed by atoms with E-state index in [1.807, 2.05) is 54.6 Å². The number of aromatic nitrogens is 2. The van der Waals surface area contributed by atoms with Crippen LogP contribution in [0, 0.1) is 0 Å². The molecule has 0 radical (unpaired) electrons. The van der Waals surface area contributed by atoms with Crippen LogP contribution in [0.5, 0.6) is 5.75 Å². The van der Waals surface area contributed by atoms with Crippen molar-refractivity contribution >= 4 is 63.7 Å². The number of nitrogens with one attached hydrogen (secondary N) is 2. The Morgan fingerprint density at radius 1 is 0.884 bits per heavy atom. The second-order valence-electron chi connectivity index (χ2n) is 16.8. The number of benzene rings is 4. The van der Waals surface area contributed by atoms with Gasteiger partial charge in [0.1, 0.15) is 46.8 Å². The summed E-state index contributed by atoms with van der Waals surface area (Å²) in [6, 6.07) is 37.9. The van der Waals surface area contributed by atoms with Crippen LogP contribution < -0.4 is 15.4 Å². The molecular formula is C52H49N7O8S2. The second-order valence-corrected chi connectivity index (χ2v) is 18.7. The lowest BCUT2D eigenvalue weighted by atomic mass is 9.77. The Balaban J connectivity index is 0.994. The van der Waals surface area contributed by atoms with Crippen LogP contribution in [0.3, 0.4) is 0 Å². The van der Waals surface area contributed by atoms with Crippen LogP contribution in [0.1, 0.15) is 69.9 Å². The highest BCUT2D eigenvalue weighted by molar-refractivity contribution is 8.00. The van der Waals surface area contributed by atoms with Crippen LogP contribution in [0.2, 0.25) is 0 Å². The fraction of sp³-hybridized carbons (Fsp3) is 0.250. The number of anilines is 1. The summed E-state index contributed by atoms with van der Waals surface area (Å²) in [5.74, 6) is -1.06. The molecule has 1 aliphatic carbocycles. The van der Waals surface area contributed by atoms with Gasteiger partial charge < -0.3 is 34.4 Å². The molecule has 352 valence electrons. The number of rotatable bonds is 17. The Kier molecular flexibility index (Phi) is 14.0. The molecule has 15 nitrogen and oxygen atoms in total. The highest BCUT2D eigenvalue weighted by Crippen LogP contribution is 2.43. The fourth-order valence-electron chi connectivity index (χ4n) is 8.50. The Bertz CT molecular complexity index is 2800. The van der Waals surface area contributed by atoms with E-state index in [4.69, 9.17) is 23.8 Å². The van der Waals surface area contributed by atoms with E-state index in [0.717, 1.165) is 42.4 Å². The van der Waals surface area contributed by atoms with Crippen molar-refractivity contribution in [2.45, 2.75) is 55.3 Å². The molecule has 3 aliphatic rings. The highest BCUT2D eigenvalue weighted by atomic mass is 32.2. The third kappa shape index (κ3) is 9.92. The first kappa shape index (κ1) is 46.6. The number of carbonyl (C=O) groups is 4. The van der Waals surface area contributed by atoms with E-state index in [1.165, 1.54) is 39.0 Å². The number of oxime groups is 1. The Morgan fingerprint density at radius 2 is 1.52 bits per heavy atom. The van der Waals surface area contributed by atoms with E-state index >= 15 is 0 Å². The molecule has 6 aromatic rings. The SMILES string of the molecule is COc1ccc(COC(=O)C2=C(/C=C\c3cc(C(=O)N(C)C)no3)CS[C@@H]3[C@H](NC(=O)/C(=N\OC4CCCC4)c4csc(NC(c5ccccc5)(c5ccccc5)c5ccccc5)n4)C(=O)N23)cc1. The number of ether oxygens (including phenoxy) is 2. The number of nitrogens with zero attached hydrogens (tertiary/aromatic N) is 5. The van der Waals surface area contributed by atoms with E-state index in [0.29, 0.717) is 22.0 Å². The van der Waals surface area contributed by atoms with Crippen LogP contribution in [0.4, 0.5) is 5.13 Å². The molecule has 4 heterocycles. The number of carbonyl (C=O) groups excluding carboxylic acids is 4. The molecule has 4 aromatic carbocycles. The topological polar surface area (TPSA) is 178 Å². The maximum atomic E-state index is 14.5. The van der Waals surface area contributed by atoms with Gasteiger partial charge in [-0.15, -0.1) is 23.1 Å². The van der Waals surface area contributed by atoms with Gasteiger partial charge in [-0.1, -0.05) is 120 Å². The predicted octanol–water partition coefficient (Wildman–Crippen LogP) is 8.02. The quantitative estimate of drug-likeness (QED) is 0.0296. The number of thioether (sulfide) groups is 1. The average molecular weight is 964 g/mol. The number of fused-ring (bicyclic) bond motifs is 1. The van der Waals surface area contributed by atoms with Crippen molar-refractivity contribution in [2.75, 3.05) is 32.3 Å². The third-order valence-corrected chi connectivity index (χ3v) is 14.1. The van der Waals surface area contributed by atoms with Crippen molar-refractivity contribution in [3.05, 3.63) is 183 Å². The predicted molar refractivity (Wildman–Crippen MR) is 263 cm³/mol. The number of amides is 3. The summed E-state index contributed by atoms with van der Waals surface area (Å²) in [5, 5.41) is 16.6. The molecule has 2 aliphatic heterocycles. The molecular weight excluding hydrogens is 915 g/mol. The van der Waals surface area contributed by atoms with Crippen LogP contribution in [0.25, 0.3) is 6.08 Å². The van der Waals surface area contributed by atoms with Crippen molar-refractivity contribution in [1.29, 1.82) is 0 Å². The zero-order valence-electron chi connectivity index (χ0n) is 38.1. The number of esters is 1. The van der Waals surface area contributed by atoms with Crippen molar-refractivity contribution in [2.24, 2.45) is 5.16 Å². The summed E-state index contributed by atoms with van der Waals surface area (Å²) in [4.78, 5) is 69.1. The molecule has 9 rings (SSSR count). The van der Waals surface area contributed by atoms with Gasteiger partial charge in [-0.25, -0.2) is 9.78 Å². The molecule has 2 atom stereocenters. The Hall–Kier alpha value is -7.50. The Labute approximate surface area is 407 Å². The number of allylic oxidation sites excluding steroid dienone is 1. The van der Waals surface area contributed by atoms with E-state index in [-0.39, 0.29) is 52.9 Å². The summed E-state index contributed by atoms with van der Waals surface area (Å²) in [6.45, 7) is -0.0735. The molecule has 0 bridgehead atoms. The van der Waals surface area contributed by atoms with Crippen molar-refractivity contribution in [3.8, 4) is 5.75 Å². The van der Waals surface area contributed by atoms with E-state index in [1.54, 1.807) is 63.0 Å². The van der Waals surface area contributed by atoms with Crippen molar-refractivity contribution < 1.29 is 38.0 Å². The molecule has 2 N–H and O–H groups in total. The molecule has 0 spiro atoms. The zero-order chi connectivity index (χ0) is 47.9. The minimum Gasteiger partial charge on any atom is -0.497 e. The van der Waals surface area contributed by atoms with Gasteiger partial charge in [0.25, 0.3) is 17.7 Å². The largest absolute Gasteiger partial charge is 0.497 e. The lowest BCUT2D eigenvalue weighted by molar-refractivity contribution is -0.153. The number of methoxy groups -OCH3 is 1. The zero-order valence-corrected chi connectivity index (χ0v) is 39.7. The van der Waals surface area contributed by atoms with Gasteiger partial charge in [-0.3, -0.25) is 19.3 Å². The van der Waals surface area contributed by atoms with Gasteiger partial charge in [-0.05, 0) is 71.7 Å². The number of hydrogen-bond acceptors (Lipinski definition) is 14. The fourth-order valence-corrected chi connectivity index (χ4v) is 10.6. The van der Waals surface area contributed by atoms with Gasteiger partial charge in [-0.2, -0.15) is 0 Å². The van der Waals surface area contributed by atoms with Crippen LogP contribution in [-0.2, 0) is 36.1 Å². The van der Waals surface area contributed by atoms with Crippen LogP contribution >= 0.6 is 23.1 Å². The van der Waals surface area contributed by atoms with Crippen LogP contribution in [0.15, 0.2) is 154 Å². The molecule has 17 heteroatoms. The number of β-lactam (4-membered cyclic amide) rings is 1. The average Bonchev–Trinajstić information content (AvgIpc) is 4.20. The second kappa shape index (κ2) is 20.8. The van der Waals surface area contributed by atoms with Gasteiger partial charge in [0, 0.05) is 31.3 Å². The minimum absolute atomic E-state index is 0.0236. The van der Waals surface area contributed by atoms with Gasteiger partial charge >= 0.3 is 5.97 Å². The molecule has 0 unspecified atom stereocenters. The van der Waals surface area contributed by atoms with Gasteiger partial charge in [0.05, 0.1) is 7.11 Å². The first-order valence-corrected chi connectivity index (χ1v) is 24.4. The normalized spacial score (nSPS) is 17.3. The third-order valence-electron chi connectivity index (χ3n) is 12.1. The standard InChI is InChI=1S/C52H49N7O8S2/c1-58(2)47(61)41-29-40(67-56-41)28-25-34-31-68-49-44(48(62)59(49)45(34)50(63)65-30-33-23-26-38(64-3)27-24-33)54-46(60)43(57-66-39-21-13-14-22-39)42-32-69-51(53-42)55-52(35-15-7-4-8-16-35,36-17-9-5-10-18-36)37-19-11-6-12-20-37/h4-12,15-20,23-29,32,39,44,49H,13-14,21-22,30-31H2,1-3H3,(H,53,55)(H,54,60)/b28-25-,57-43-/t44-,49-/m1/s1. The molecule has 3 amide bonds. The smallest absolute Gasteiger partial charge is 0.355 e. The summed E-state index contributed by atoms with van der Waals surface area (Å²) in [5.41, 5.74) is 3.56. The Morgan fingerprint density at radius 3 is 2.13 bits per heavy atom. The summed E-state index contributed by atoms with van der Waals surface area (Å²) in [7, 11) is 4.78. The minimum atomic E-state index is -1.03.